The summed E-state index contributed by atoms with van der Waals surface area (Å²) in [6, 6.07) is -0.798. The van der Waals surface area contributed by atoms with E-state index >= 15 is 0 Å². The van der Waals surface area contributed by atoms with Gasteiger partial charge in [-0.25, -0.2) is 0 Å². The Bertz CT molecular complexity index is 182. The molecule has 0 aliphatic heterocycles. The summed E-state index contributed by atoms with van der Waals surface area (Å²) >= 11 is 0. The predicted molar refractivity (Wildman–Crippen MR) is 48.7 cm³/mol. The van der Waals surface area contributed by atoms with Crippen molar-refractivity contribution in [2.75, 3.05) is 6.61 Å². The Morgan fingerprint density at radius 1 is 1.77 bits per heavy atom. The van der Waals surface area contributed by atoms with Crippen LogP contribution in [0, 0.1) is 0 Å². The van der Waals surface area contributed by atoms with Gasteiger partial charge in [-0.1, -0.05) is 6.58 Å². The van der Waals surface area contributed by atoms with Crippen LogP contribution in [0.3, 0.4) is 0 Å². The summed E-state index contributed by atoms with van der Waals surface area (Å²) in [5, 5.41) is 8.43. The second-order valence-electron chi connectivity index (χ2n) is 2.82. The first-order chi connectivity index (χ1) is 6.04. The molecule has 1 atom stereocenters. The zero-order valence-electron chi connectivity index (χ0n) is 7.75. The summed E-state index contributed by atoms with van der Waals surface area (Å²) in [5.74, 6) is -0.979. The van der Waals surface area contributed by atoms with Crippen molar-refractivity contribution >= 4 is 5.97 Å². The lowest BCUT2D eigenvalue weighted by Crippen LogP contribution is -2.30. The molecule has 1 unspecified atom stereocenters. The number of hydrogen-bond donors (Lipinski definition) is 3. The summed E-state index contributed by atoms with van der Waals surface area (Å²) in [6.07, 6.45) is 1.01. The zero-order valence-corrected chi connectivity index (χ0v) is 7.75. The molecule has 0 aromatic heterocycles. The van der Waals surface area contributed by atoms with Gasteiger partial charge in [0.15, 0.2) is 0 Å². The fraction of sp³-hybridized carbons (Fsp3) is 0.625. The van der Waals surface area contributed by atoms with E-state index in [0.29, 0.717) is 25.1 Å². The van der Waals surface area contributed by atoms with Gasteiger partial charge in [0.2, 0.25) is 0 Å². The quantitative estimate of drug-likeness (QED) is 0.393. The Kier molecular flexibility index (Phi) is 5.92. The number of hydroxylamine groups is 1. The highest BCUT2D eigenvalue weighted by Crippen LogP contribution is 1.94. The van der Waals surface area contributed by atoms with E-state index in [2.05, 4.69) is 12.1 Å². The molecule has 4 N–H and O–H groups in total. The lowest BCUT2D eigenvalue weighted by atomic mass is 10.2. The molecule has 0 aromatic carbocycles. The molecular weight excluding hydrogens is 172 g/mol. The number of carboxylic acids is 1. The van der Waals surface area contributed by atoms with Crippen molar-refractivity contribution in [3.63, 3.8) is 0 Å². The van der Waals surface area contributed by atoms with Crippen LogP contribution in [-0.2, 0) is 9.63 Å². The van der Waals surface area contributed by atoms with Crippen molar-refractivity contribution in [1.82, 2.24) is 5.48 Å². The molecule has 0 heterocycles. The monoisotopic (exact) mass is 188 g/mol. The van der Waals surface area contributed by atoms with Crippen molar-refractivity contribution in [1.29, 1.82) is 0 Å². The van der Waals surface area contributed by atoms with E-state index < -0.39 is 12.0 Å². The topological polar surface area (TPSA) is 84.6 Å². The average Bonchev–Trinajstić information content (AvgIpc) is 2.02. The van der Waals surface area contributed by atoms with Gasteiger partial charge in [0.25, 0.3) is 0 Å². The number of nitrogens with two attached hydrogens (primary N) is 1. The zero-order chi connectivity index (χ0) is 10.3. The first-order valence-electron chi connectivity index (χ1n) is 4.05. The van der Waals surface area contributed by atoms with Gasteiger partial charge in [-0.3, -0.25) is 15.1 Å². The molecule has 76 valence electrons. The second-order valence-corrected chi connectivity index (χ2v) is 2.82. The van der Waals surface area contributed by atoms with Crippen LogP contribution in [0.2, 0.25) is 0 Å². The van der Waals surface area contributed by atoms with E-state index in [1.165, 1.54) is 0 Å². The smallest absolute Gasteiger partial charge is 0.320 e. The number of aliphatic carboxylic acids is 1. The fourth-order valence-electron chi connectivity index (χ4n) is 0.673. The third-order valence-electron chi connectivity index (χ3n) is 1.33. The normalized spacial score (nSPS) is 12.2. The Morgan fingerprint density at radius 3 is 2.85 bits per heavy atom. The maximum absolute atomic E-state index is 10.3. The summed E-state index contributed by atoms with van der Waals surface area (Å²) in [7, 11) is 0. The average molecular weight is 188 g/mol. The summed E-state index contributed by atoms with van der Waals surface area (Å²) in [6.45, 7) is 5.75. The summed E-state index contributed by atoms with van der Waals surface area (Å²) in [5.41, 5.74) is 8.54. The van der Waals surface area contributed by atoms with Crippen LogP contribution >= 0.6 is 0 Å². The lowest BCUT2D eigenvalue weighted by Gasteiger charge is -2.07. The molecule has 0 rings (SSSR count). The molecule has 13 heavy (non-hydrogen) atoms. The summed E-state index contributed by atoms with van der Waals surface area (Å²) in [4.78, 5) is 15.2. The van der Waals surface area contributed by atoms with Crippen molar-refractivity contribution in [3.05, 3.63) is 12.3 Å². The fourth-order valence-corrected chi connectivity index (χ4v) is 0.673. The highest BCUT2D eigenvalue weighted by Gasteiger charge is 2.09. The van der Waals surface area contributed by atoms with Crippen LogP contribution in [0.5, 0.6) is 0 Å². The first-order valence-corrected chi connectivity index (χ1v) is 4.05. The molecule has 0 amide bonds. The Morgan fingerprint density at radius 2 is 2.38 bits per heavy atom. The molecule has 0 aromatic rings. The number of allylic oxidation sites excluding steroid dienone is 1. The number of nitrogens with one attached hydrogen (secondary N) is 1. The molecule has 5 heteroatoms. The minimum absolute atomic E-state index is 0.410. The number of rotatable bonds is 7. The van der Waals surface area contributed by atoms with Gasteiger partial charge in [-0.2, -0.15) is 0 Å². The SMILES string of the molecule is C=C(C)NOCCCC(N)C(=O)O. The van der Waals surface area contributed by atoms with E-state index in [0.717, 1.165) is 0 Å². The Hall–Kier alpha value is -1.07. The van der Waals surface area contributed by atoms with E-state index in [1.807, 2.05) is 0 Å². The van der Waals surface area contributed by atoms with Crippen LogP contribution in [0.4, 0.5) is 0 Å². The summed E-state index contributed by atoms with van der Waals surface area (Å²) < 4.78 is 0. The van der Waals surface area contributed by atoms with Crippen LogP contribution in [0.1, 0.15) is 19.8 Å². The minimum atomic E-state index is -0.979. The molecule has 5 nitrogen and oxygen atoms in total. The van der Waals surface area contributed by atoms with Crippen LogP contribution < -0.4 is 11.2 Å². The van der Waals surface area contributed by atoms with Gasteiger partial charge in [-0.05, 0) is 19.8 Å². The van der Waals surface area contributed by atoms with Gasteiger partial charge in [0, 0.05) is 5.70 Å². The van der Waals surface area contributed by atoms with E-state index in [1.54, 1.807) is 6.92 Å². The van der Waals surface area contributed by atoms with Gasteiger partial charge in [0.05, 0.1) is 6.61 Å². The largest absolute Gasteiger partial charge is 0.480 e. The molecule has 0 spiro atoms. The number of hydrogen-bond acceptors (Lipinski definition) is 4. The first kappa shape index (κ1) is 11.9. The maximum atomic E-state index is 10.3. The highest BCUT2D eigenvalue weighted by molar-refractivity contribution is 5.72. The van der Waals surface area contributed by atoms with Crippen LogP contribution in [0.15, 0.2) is 12.3 Å². The molecule has 0 saturated heterocycles. The van der Waals surface area contributed by atoms with E-state index in [4.69, 9.17) is 15.7 Å². The number of carbonyl (C=O) groups is 1. The van der Waals surface area contributed by atoms with Crippen LogP contribution in [0.25, 0.3) is 0 Å². The van der Waals surface area contributed by atoms with Crippen molar-refractivity contribution in [2.24, 2.45) is 5.73 Å². The predicted octanol–water partition coefficient (Wildman–Crippen LogP) is 0.233. The lowest BCUT2D eigenvalue weighted by molar-refractivity contribution is -0.138. The molecule has 0 radical (unpaired) electrons. The Labute approximate surface area is 77.5 Å². The van der Waals surface area contributed by atoms with Gasteiger partial charge < -0.3 is 10.8 Å². The van der Waals surface area contributed by atoms with Crippen LogP contribution in [-0.4, -0.2) is 23.7 Å². The molecule has 0 aliphatic carbocycles. The maximum Gasteiger partial charge on any atom is 0.320 e. The molecule has 0 saturated carbocycles. The molecule has 0 fully saturated rings. The van der Waals surface area contributed by atoms with Gasteiger partial charge in [0.1, 0.15) is 6.04 Å². The third kappa shape index (κ3) is 7.30. The number of carboxylic acid groups (broad SMARTS) is 1. The van der Waals surface area contributed by atoms with Crippen molar-refractivity contribution in [3.8, 4) is 0 Å². The van der Waals surface area contributed by atoms with Crippen molar-refractivity contribution in [2.45, 2.75) is 25.8 Å². The Balaban J connectivity index is 3.26. The minimum Gasteiger partial charge on any atom is -0.480 e. The highest BCUT2D eigenvalue weighted by atomic mass is 16.6. The molecule has 0 bridgehead atoms. The second kappa shape index (κ2) is 6.45. The third-order valence-corrected chi connectivity index (χ3v) is 1.33. The molecule has 0 aliphatic rings. The molecular formula is C8H16N2O3. The van der Waals surface area contributed by atoms with Gasteiger partial charge in [-0.15, -0.1) is 0 Å². The van der Waals surface area contributed by atoms with Gasteiger partial charge >= 0.3 is 5.97 Å². The van der Waals surface area contributed by atoms with E-state index in [-0.39, 0.29) is 0 Å². The standard InChI is InChI=1S/C8H16N2O3/c1-6(2)10-13-5-3-4-7(9)8(11)12/h7,10H,1,3-5,9H2,2H3,(H,11,12). The van der Waals surface area contributed by atoms with Crippen molar-refractivity contribution < 1.29 is 14.7 Å². The van der Waals surface area contributed by atoms with E-state index in [9.17, 15) is 4.79 Å².